The number of aromatic nitrogens is 4. The largest absolute Gasteiger partial charge is 0.617 e. The van der Waals surface area contributed by atoms with Crippen LogP contribution in [0.1, 0.15) is 84.4 Å². The monoisotopic (exact) mass is 1070 g/mol. The molecule has 0 aliphatic carbocycles. The fourth-order valence-corrected chi connectivity index (χ4v) is 7.34. The Balaban J connectivity index is 0.000000201. The van der Waals surface area contributed by atoms with Crippen LogP contribution < -0.4 is 24.7 Å². The van der Waals surface area contributed by atoms with Crippen LogP contribution in [0.2, 0.25) is 0 Å². The van der Waals surface area contributed by atoms with Gasteiger partial charge in [0.15, 0.2) is 28.7 Å². The molecule has 0 saturated carbocycles. The van der Waals surface area contributed by atoms with Crippen LogP contribution in [0, 0.1) is 43.0 Å². The summed E-state index contributed by atoms with van der Waals surface area (Å²) < 4.78 is 9.57. The molecule has 29 nitrogen and oxygen atoms in total. The number of carbonyl (C=O) groups is 6. The summed E-state index contributed by atoms with van der Waals surface area (Å²) in [6.45, 7) is 5.88. The van der Waals surface area contributed by atoms with E-state index in [0.717, 1.165) is 31.4 Å². The van der Waals surface area contributed by atoms with E-state index in [-0.39, 0.29) is 99.3 Å². The van der Waals surface area contributed by atoms with Gasteiger partial charge in [-0.25, -0.2) is 38.7 Å². The number of carboxylic acid groups (broad SMARTS) is 6. The molecule has 29 heteroatoms. The van der Waals surface area contributed by atoms with Crippen molar-refractivity contribution in [2.75, 3.05) is 20.0 Å². The number of hydrogen-bond acceptors (Lipinski definition) is 21. The minimum atomic E-state index is -1.60. The number of aromatic hydroxyl groups is 6. The molecule has 0 aliphatic rings. The first-order chi connectivity index (χ1) is 35.9. The van der Waals surface area contributed by atoms with E-state index in [2.05, 4.69) is 15.1 Å². The van der Waals surface area contributed by atoms with Gasteiger partial charge in [-0.2, -0.15) is 0 Å². The molecule has 0 spiro atoms. The molecule has 0 atom stereocenters. The first-order valence-corrected chi connectivity index (χ1v) is 21.1. The number of anilines is 1. The van der Waals surface area contributed by atoms with Gasteiger partial charge in [-0.3, -0.25) is 0 Å². The maximum atomic E-state index is 12.9. The van der Waals surface area contributed by atoms with Gasteiger partial charge < -0.3 is 86.9 Å². The number of nitrogen functional groups attached to an aromatic ring is 1. The Hall–Kier alpha value is -11.3. The predicted molar refractivity (Wildman–Crippen MR) is 263 cm³/mol. The number of ether oxygens (including phenoxy) is 2. The van der Waals surface area contributed by atoms with E-state index in [0.29, 0.717) is 11.1 Å². The molecule has 0 saturated heterocycles. The van der Waals surface area contributed by atoms with Crippen molar-refractivity contribution in [3.63, 3.8) is 0 Å². The highest BCUT2D eigenvalue weighted by molar-refractivity contribution is 6.10. The minimum absolute atomic E-state index is 0.0153. The number of phenolic OH excluding ortho intramolecular Hbond substituents is 6. The molecule has 0 unspecified atom stereocenters. The number of phenols is 6. The fraction of sp³-hybridized carbons (Fsp3) is 0.125. The number of nitroso groups, excluding NO2 is 1. The Bertz CT molecular complexity index is 3860. The van der Waals surface area contributed by atoms with Crippen molar-refractivity contribution in [2.45, 2.75) is 27.7 Å². The first-order valence-electron chi connectivity index (χ1n) is 21.1. The summed E-state index contributed by atoms with van der Waals surface area (Å²) in [5.41, 5.74) is 0.543. The lowest BCUT2D eigenvalue weighted by molar-refractivity contribution is -0.591. The van der Waals surface area contributed by atoms with Crippen LogP contribution in [0.4, 0.5) is 11.4 Å². The van der Waals surface area contributed by atoms with E-state index >= 15 is 0 Å². The molecule has 8 aromatic rings. The van der Waals surface area contributed by atoms with Crippen LogP contribution >= 0.6 is 0 Å². The van der Waals surface area contributed by atoms with Gasteiger partial charge in [0.1, 0.15) is 50.4 Å². The number of carboxylic acids is 6. The predicted octanol–water partition coefficient (Wildman–Crippen LogP) is 5.07. The summed E-state index contributed by atoms with van der Waals surface area (Å²) in [6, 6.07) is 9.00. The quantitative estimate of drug-likeness (QED) is 0.0224. The topological polar surface area (TPSA) is 499 Å². The second-order valence-corrected chi connectivity index (χ2v) is 16.0. The Morgan fingerprint density at radius 3 is 1.26 bits per heavy atom. The molecular weight excluding hydrogens is 1030 g/mol. The molecule has 0 amide bonds. The highest BCUT2D eigenvalue weighted by Crippen LogP contribution is 2.40. The fourth-order valence-electron chi connectivity index (χ4n) is 7.34. The molecular formula is C48H40N6O23. The Kier molecular flexibility index (Phi) is 16.1. The van der Waals surface area contributed by atoms with Crippen molar-refractivity contribution >= 4 is 91.3 Å². The maximum Gasteiger partial charge on any atom is 0.342 e. The number of fused-ring (bicyclic) bond motifs is 4. The normalized spacial score (nSPS) is 10.6. The van der Waals surface area contributed by atoms with Crippen molar-refractivity contribution in [1.29, 1.82) is 0 Å². The lowest BCUT2D eigenvalue weighted by atomic mass is 10.1. The second kappa shape index (κ2) is 21.8. The van der Waals surface area contributed by atoms with E-state index in [1.165, 1.54) is 52.1 Å². The van der Waals surface area contributed by atoms with Gasteiger partial charge in [0.05, 0.1) is 42.2 Å². The number of nitrogens with zero attached hydrogens (tertiary/aromatic N) is 5. The average molecular weight is 1070 g/mol. The summed E-state index contributed by atoms with van der Waals surface area (Å²) >= 11 is 0. The van der Waals surface area contributed by atoms with Gasteiger partial charge in [0.2, 0.25) is 5.75 Å². The standard InChI is InChI=1S/C16H12N2O9.C16H12N2O7.C8H7NO4.C8H9NO3/c1-5-3-6(15(21)22)9-11(13(5)19)17(25)10-7(16(23)24)4-8(27-2)14(20)12(10)18(9)26;1-5-3-6(15(21)22)9-11(13(5)19)17-10-7(16(23)24)4-8(25-2)14(20)12(10)18-9;1-4-2-5(8(11)12)3-6(9-13)7(4)10;1-4-2-5(8(11)12)3-6(9)7(4)10/h3-4,19-20H,1-2H3,(H,21,22)(H,23,24);3-4,19-20H,1-2H3,(H,21,22)(H,23,24);2-3,10H,1H3,(H,11,12);2-3,10H,9H2,1H3,(H,11,12). The number of aromatic carboxylic acids is 6. The van der Waals surface area contributed by atoms with Crippen LogP contribution in [0.15, 0.2) is 53.7 Å². The van der Waals surface area contributed by atoms with E-state index < -0.39 is 92.0 Å². The third kappa shape index (κ3) is 10.6. The van der Waals surface area contributed by atoms with Crippen molar-refractivity contribution in [2.24, 2.45) is 5.18 Å². The third-order valence-corrected chi connectivity index (χ3v) is 11.1. The summed E-state index contributed by atoms with van der Waals surface area (Å²) in [6.07, 6.45) is 0. The lowest BCUT2D eigenvalue weighted by Gasteiger charge is -2.14. The lowest BCUT2D eigenvalue weighted by Crippen LogP contribution is -2.41. The first kappa shape index (κ1) is 56.7. The highest BCUT2D eigenvalue weighted by atomic mass is 16.5. The molecule has 0 aliphatic heterocycles. The van der Waals surface area contributed by atoms with Crippen LogP contribution in [-0.2, 0) is 0 Å². The zero-order chi connectivity index (χ0) is 58.0. The van der Waals surface area contributed by atoms with Crippen LogP contribution in [-0.4, -0.2) is 121 Å². The number of rotatable bonds is 9. The van der Waals surface area contributed by atoms with Crippen LogP contribution in [0.3, 0.4) is 0 Å². The van der Waals surface area contributed by atoms with Gasteiger partial charge >= 0.3 is 57.9 Å². The van der Waals surface area contributed by atoms with Gasteiger partial charge in [-0.1, -0.05) is 0 Å². The Morgan fingerprint density at radius 1 is 0.455 bits per heavy atom. The molecule has 6 aromatic carbocycles. The molecule has 2 heterocycles. The van der Waals surface area contributed by atoms with E-state index in [1.807, 2.05) is 0 Å². The Morgan fingerprint density at radius 2 is 0.818 bits per heavy atom. The third-order valence-electron chi connectivity index (χ3n) is 11.1. The molecule has 14 N–H and O–H groups in total. The molecule has 400 valence electrons. The van der Waals surface area contributed by atoms with E-state index in [9.17, 15) is 95.2 Å². The molecule has 0 bridgehead atoms. The smallest absolute Gasteiger partial charge is 0.342 e. The van der Waals surface area contributed by atoms with Crippen LogP contribution in [0.5, 0.6) is 46.0 Å². The number of aryl methyl sites for hydroxylation is 4. The summed E-state index contributed by atoms with van der Waals surface area (Å²) in [5.74, 6) is -11.2. The molecule has 8 rings (SSSR count). The Labute approximate surface area is 427 Å². The second-order valence-electron chi connectivity index (χ2n) is 16.0. The van der Waals surface area contributed by atoms with Gasteiger partial charge in [0, 0.05) is 12.1 Å². The zero-order valence-corrected chi connectivity index (χ0v) is 40.3. The number of nitrogens with two attached hydrogens (primary N) is 1. The molecule has 77 heavy (non-hydrogen) atoms. The molecule has 0 fully saturated rings. The highest BCUT2D eigenvalue weighted by Gasteiger charge is 2.37. The summed E-state index contributed by atoms with van der Waals surface area (Å²) in [7, 11) is 2.34. The zero-order valence-electron chi connectivity index (χ0n) is 40.3. The van der Waals surface area contributed by atoms with Crippen molar-refractivity contribution in [1.82, 2.24) is 9.97 Å². The number of benzene rings is 6. The number of hydrogen-bond donors (Lipinski definition) is 13. The SMILES string of the molecule is COc1cc(C(=O)O)c2c(c1O)[n+]([O-])c1c(C(=O)O)cc(C)c(O)c1[n+]2[O-].COc1cc(C(=O)O)c2nc3c(O)c(C)cc(C(=O)O)c3nc2c1O.Cc1cc(C(=O)O)cc(N)c1O.Cc1cc(C(=O)O)cc(N=O)c1O. The van der Waals surface area contributed by atoms with Gasteiger partial charge in [0.25, 0.3) is 0 Å². The van der Waals surface area contributed by atoms with Gasteiger partial charge in [-0.15, -0.1) is 14.4 Å². The minimum Gasteiger partial charge on any atom is -0.617 e. The maximum absolute atomic E-state index is 12.9. The molecule has 2 aromatic heterocycles. The van der Waals surface area contributed by atoms with E-state index in [1.54, 1.807) is 6.92 Å². The van der Waals surface area contributed by atoms with E-state index in [4.69, 9.17) is 25.4 Å². The molecule has 0 radical (unpaired) electrons. The van der Waals surface area contributed by atoms with Crippen molar-refractivity contribution in [3.05, 3.63) is 119 Å². The van der Waals surface area contributed by atoms with Crippen LogP contribution in [0.25, 0.3) is 44.1 Å². The van der Waals surface area contributed by atoms with Gasteiger partial charge in [-0.05, 0) is 91.5 Å². The summed E-state index contributed by atoms with van der Waals surface area (Å²) in [4.78, 5) is 85.3. The average Bonchev–Trinajstić information content (AvgIpc) is 3.37. The summed E-state index contributed by atoms with van der Waals surface area (Å²) in [5, 5.41) is 142. The van der Waals surface area contributed by atoms with Crippen molar-refractivity contribution < 1.29 is 109 Å². The number of methoxy groups -OCH3 is 2. The van der Waals surface area contributed by atoms with Crippen molar-refractivity contribution in [3.8, 4) is 46.0 Å².